The van der Waals surface area contributed by atoms with Gasteiger partial charge in [-0.15, -0.1) is 0 Å². The molecule has 2 aliphatic rings. The van der Waals surface area contributed by atoms with Crippen LogP contribution in [0.4, 0.5) is 0 Å². The van der Waals surface area contributed by atoms with E-state index in [1.54, 1.807) is 4.31 Å². The number of nitrogens with zero attached hydrogens (tertiary/aromatic N) is 3. The van der Waals surface area contributed by atoms with E-state index in [1.807, 2.05) is 6.92 Å². The van der Waals surface area contributed by atoms with Crippen LogP contribution >= 0.6 is 0 Å². The normalized spacial score (nSPS) is 28.0. The fraction of sp³-hybridized carbons (Fsp3) is 1.00. The second kappa shape index (κ2) is 7.37. The summed E-state index contributed by atoms with van der Waals surface area (Å²) in [4.78, 5) is 4.81. The summed E-state index contributed by atoms with van der Waals surface area (Å²) in [5, 5.41) is 0. The zero-order valence-electron chi connectivity index (χ0n) is 13.6. The van der Waals surface area contributed by atoms with Crippen LogP contribution in [0.2, 0.25) is 0 Å². The second-order valence-corrected chi connectivity index (χ2v) is 7.98. The van der Waals surface area contributed by atoms with Crippen molar-refractivity contribution in [2.45, 2.75) is 45.7 Å². The number of likely N-dealkylation sites (N-methyl/N-ethyl adjacent to an activating group) is 1. The van der Waals surface area contributed by atoms with E-state index >= 15 is 0 Å². The van der Waals surface area contributed by atoms with E-state index < -0.39 is 10.2 Å². The molecule has 2 fully saturated rings. The molecular formula is C14H30N4O2S. The Morgan fingerprint density at radius 3 is 2.38 bits per heavy atom. The zero-order valence-corrected chi connectivity index (χ0v) is 14.4. The molecule has 2 rings (SSSR count). The number of nitrogens with one attached hydrogen (secondary N) is 1. The van der Waals surface area contributed by atoms with Gasteiger partial charge >= 0.3 is 0 Å². The predicted molar refractivity (Wildman–Crippen MR) is 85.5 cm³/mol. The van der Waals surface area contributed by atoms with Crippen LogP contribution in [0.1, 0.15) is 33.6 Å². The second-order valence-electron chi connectivity index (χ2n) is 6.27. The van der Waals surface area contributed by atoms with Gasteiger partial charge in [0.2, 0.25) is 0 Å². The summed E-state index contributed by atoms with van der Waals surface area (Å²) in [6, 6.07) is 0.377. The Balaban J connectivity index is 1.79. The molecule has 1 N–H and O–H groups in total. The largest absolute Gasteiger partial charge is 0.301 e. The van der Waals surface area contributed by atoms with Crippen molar-refractivity contribution in [3.8, 4) is 0 Å². The molecule has 0 aromatic carbocycles. The van der Waals surface area contributed by atoms with Gasteiger partial charge in [0.05, 0.1) is 0 Å². The Bertz CT molecular complexity index is 421. The van der Waals surface area contributed by atoms with Gasteiger partial charge < -0.3 is 4.90 Å². The van der Waals surface area contributed by atoms with Crippen LogP contribution in [0.15, 0.2) is 0 Å². The third-order valence-electron chi connectivity index (χ3n) is 4.84. The fourth-order valence-electron chi connectivity index (χ4n) is 3.22. The summed E-state index contributed by atoms with van der Waals surface area (Å²) in [6.07, 6.45) is 1.94. The predicted octanol–water partition coefficient (Wildman–Crippen LogP) is 0.331. The molecule has 0 aromatic rings. The molecule has 2 aliphatic heterocycles. The summed E-state index contributed by atoms with van der Waals surface area (Å²) >= 11 is 0. The molecule has 0 aromatic heterocycles. The van der Waals surface area contributed by atoms with Gasteiger partial charge in [0.15, 0.2) is 0 Å². The molecular weight excluding hydrogens is 288 g/mol. The molecule has 0 amide bonds. The smallest absolute Gasteiger partial charge is 0.279 e. The standard InChI is InChI=1S/C14H30N4O2S/c1-4-16-8-10-17(11-9-16)14(3)12-15-21(19,20)18-7-5-6-13(18)2/h13-15H,4-12H2,1-3H3/t13-,14+/m1/s1. The van der Waals surface area contributed by atoms with E-state index in [-0.39, 0.29) is 12.1 Å². The maximum absolute atomic E-state index is 12.3. The SMILES string of the molecule is CCN1CCN([C@@H](C)CNS(=O)(=O)N2CCC[C@H]2C)CC1. The van der Waals surface area contributed by atoms with Gasteiger partial charge in [-0.25, -0.2) is 4.72 Å². The lowest BCUT2D eigenvalue weighted by Gasteiger charge is -2.37. The van der Waals surface area contributed by atoms with E-state index in [0.29, 0.717) is 13.1 Å². The van der Waals surface area contributed by atoms with Gasteiger partial charge in [-0.3, -0.25) is 4.90 Å². The summed E-state index contributed by atoms with van der Waals surface area (Å²) in [6.45, 7) is 12.7. The van der Waals surface area contributed by atoms with Gasteiger partial charge in [0.25, 0.3) is 10.2 Å². The Morgan fingerprint density at radius 1 is 1.19 bits per heavy atom. The topological polar surface area (TPSA) is 55.9 Å². The van der Waals surface area contributed by atoms with E-state index in [2.05, 4.69) is 28.4 Å². The van der Waals surface area contributed by atoms with Crippen LogP contribution in [0, 0.1) is 0 Å². The van der Waals surface area contributed by atoms with Gasteiger partial charge in [-0.2, -0.15) is 12.7 Å². The Kier molecular flexibility index (Phi) is 6.02. The summed E-state index contributed by atoms with van der Waals surface area (Å²) in [5.41, 5.74) is 0. The monoisotopic (exact) mass is 318 g/mol. The van der Waals surface area contributed by atoms with Crippen LogP contribution < -0.4 is 4.72 Å². The minimum Gasteiger partial charge on any atom is -0.301 e. The van der Waals surface area contributed by atoms with E-state index in [0.717, 1.165) is 45.6 Å². The Morgan fingerprint density at radius 2 is 1.86 bits per heavy atom. The molecule has 21 heavy (non-hydrogen) atoms. The molecule has 0 bridgehead atoms. The Hall–Kier alpha value is -0.210. The van der Waals surface area contributed by atoms with Crippen molar-refractivity contribution in [3.05, 3.63) is 0 Å². The van der Waals surface area contributed by atoms with Gasteiger partial charge in [-0.05, 0) is 33.2 Å². The maximum atomic E-state index is 12.3. The highest BCUT2D eigenvalue weighted by Gasteiger charge is 2.31. The van der Waals surface area contributed by atoms with Crippen LogP contribution in [0.3, 0.4) is 0 Å². The van der Waals surface area contributed by atoms with E-state index in [1.165, 1.54) is 0 Å². The van der Waals surface area contributed by atoms with Crippen molar-refractivity contribution in [1.82, 2.24) is 18.8 Å². The lowest BCUT2D eigenvalue weighted by Crippen LogP contribution is -2.53. The number of rotatable bonds is 6. The molecule has 2 heterocycles. The number of hydrogen-bond acceptors (Lipinski definition) is 4. The van der Waals surface area contributed by atoms with Gasteiger partial charge in [0.1, 0.15) is 0 Å². The first-order valence-electron chi connectivity index (χ1n) is 8.17. The minimum absolute atomic E-state index is 0.130. The van der Waals surface area contributed by atoms with Crippen LogP contribution in [-0.2, 0) is 10.2 Å². The molecule has 7 heteroatoms. The highest BCUT2D eigenvalue weighted by Crippen LogP contribution is 2.19. The summed E-state index contributed by atoms with van der Waals surface area (Å²) in [7, 11) is -3.31. The van der Waals surface area contributed by atoms with Crippen LogP contribution in [0.5, 0.6) is 0 Å². The quantitative estimate of drug-likeness (QED) is 0.767. The van der Waals surface area contributed by atoms with Crippen LogP contribution in [-0.4, -0.2) is 80.4 Å². The average Bonchev–Trinajstić information content (AvgIpc) is 2.92. The van der Waals surface area contributed by atoms with E-state index in [4.69, 9.17) is 0 Å². The molecule has 6 nitrogen and oxygen atoms in total. The average molecular weight is 318 g/mol. The Labute approximate surface area is 129 Å². The van der Waals surface area contributed by atoms with Crippen molar-refractivity contribution in [2.24, 2.45) is 0 Å². The maximum Gasteiger partial charge on any atom is 0.279 e. The third kappa shape index (κ3) is 4.39. The highest BCUT2D eigenvalue weighted by molar-refractivity contribution is 7.87. The summed E-state index contributed by atoms with van der Waals surface area (Å²) in [5.74, 6) is 0. The fourth-order valence-corrected chi connectivity index (χ4v) is 4.79. The van der Waals surface area contributed by atoms with Crippen molar-refractivity contribution in [3.63, 3.8) is 0 Å². The van der Waals surface area contributed by atoms with Gasteiger partial charge in [0, 0.05) is 51.4 Å². The molecule has 124 valence electrons. The van der Waals surface area contributed by atoms with Crippen molar-refractivity contribution in [1.29, 1.82) is 0 Å². The van der Waals surface area contributed by atoms with E-state index in [9.17, 15) is 8.42 Å². The van der Waals surface area contributed by atoms with Crippen LogP contribution in [0.25, 0.3) is 0 Å². The van der Waals surface area contributed by atoms with Crippen molar-refractivity contribution in [2.75, 3.05) is 45.8 Å². The van der Waals surface area contributed by atoms with Crippen molar-refractivity contribution >= 4 is 10.2 Å². The first-order valence-corrected chi connectivity index (χ1v) is 9.61. The van der Waals surface area contributed by atoms with Crippen molar-refractivity contribution < 1.29 is 8.42 Å². The first kappa shape index (κ1) is 17.1. The lowest BCUT2D eigenvalue weighted by atomic mass is 10.2. The molecule has 0 radical (unpaired) electrons. The molecule has 2 saturated heterocycles. The third-order valence-corrected chi connectivity index (χ3v) is 6.53. The minimum atomic E-state index is -3.31. The number of hydrogen-bond donors (Lipinski definition) is 1. The highest BCUT2D eigenvalue weighted by atomic mass is 32.2. The molecule has 0 spiro atoms. The number of piperazine rings is 1. The molecule has 0 saturated carbocycles. The molecule has 2 atom stereocenters. The zero-order chi connectivity index (χ0) is 15.5. The summed E-state index contributed by atoms with van der Waals surface area (Å²) < 4.78 is 29.0. The first-order chi connectivity index (χ1) is 9.94. The van der Waals surface area contributed by atoms with Gasteiger partial charge in [-0.1, -0.05) is 6.92 Å². The lowest BCUT2D eigenvalue weighted by molar-refractivity contribution is 0.107. The molecule has 0 unspecified atom stereocenters. The molecule has 0 aliphatic carbocycles.